The molecule has 28 heavy (non-hydrogen) atoms. The van der Waals surface area contributed by atoms with E-state index >= 15 is 0 Å². The minimum atomic E-state index is -0.143. The molecule has 2 aromatic carbocycles. The second-order valence-corrected chi connectivity index (χ2v) is 7.21. The van der Waals surface area contributed by atoms with Crippen molar-refractivity contribution in [3.8, 4) is 16.9 Å². The molecule has 1 amide bonds. The molecule has 140 valence electrons. The van der Waals surface area contributed by atoms with Gasteiger partial charge in [0.15, 0.2) is 0 Å². The zero-order chi connectivity index (χ0) is 19.3. The molecule has 0 aliphatic carbocycles. The van der Waals surface area contributed by atoms with Crippen molar-refractivity contribution < 1.29 is 4.79 Å². The third-order valence-corrected chi connectivity index (χ3v) is 5.28. The lowest BCUT2D eigenvalue weighted by atomic mass is 10.1. The normalized spacial score (nSPS) is 11.9. The van der Waals surface area contributed by atoms with Gasteiger partial charge in [-0.15, -0.1) is 16.4 Å². The van der Waals surface area contributed by atoms with E-state index in [1.165, 1.54) is 6.33 Å². The van der Waals surface area contributed by atoms with Crippen LogP contribution in [0.3, 0.4) is 0 Å². The predicted molar refractivity (Wildman–Crippen MR) is 107 cm³/mol. The average Bonchev–Trinajstić information content (AvgIpc) is 3.41. The van der Waals surface area contributed by atoms with Crippen molar-refractivity contribution in [2.24, 2.45) is 0 Å². The highest BCUT2D eigenvalue weighted by atomic mass is 32.1. The maximum Gasteiger partial charge on any atom is 0.224 e. The molecule has 0 saturated carbocycles. The van der Waals surface area contributed by atoms with Gasteiger partial charge in [-0.1, -0.05) is 42.5 Å². The van der Waals surface area contributed by atoms with Crippen molar-refractivity contribution in [2.75, 3.05) is 0 Å². The molecule has 0 fully saturated rings. The van der Waals surface area contributed by atoms with E-state index in [0.29, 0.717) is 6.42 Å². The van der Waals surface area contributed by atoms with Gasteiger partial charge >= 0.3 is 0 Å². The van der Waals surface area contributed by atoms with Crippen LogP contribution in [-0.2, 0) is 11.2 Å². The maximum atomic E-state index is 12.4. The smallest absolute Gasteiger partial charge is 0.224 e. The Morgan fingerprint density at radius 2 is 1.93 bits per heavy atom. The summed E-state index contributed by atoms with van der Waals surface area (Å²) in [6.07, 6.45) is 1.83. The van der Waals surface area contributed by atoms with Gasteiger partial charge in [0.1, 0.15) is 11.3 Å². The molecule has 8 heteroatoms. The van der Waals surface area contributed by atoms with Crippen LogP contribution in [0.25, 0.3) is 16.9 Å². The number of amides is 1. The number of benzene rings is 2. The molecule has 1 unspecified atom stereocenters. The Labute approximate surface area is 166 Å². The number of nitrogens with zero attached hydrogens (tertiary/aromatic N) is 5. The first-order valence-corrected chi connectivity index (χ1v) is 9.69. The molecule has 7 nitrogen and oxygen atoms in total. The van der Waals surface area contributed by atoms with Crippen LogP contribution in [0.15, 0.2) is 66.3 Å². The van der Waals surface area contributed by atoms with Gasteiger partial charge in [-0.2, -0.15) is 0 Å². The first kappa shape index (κ1) is 18.0. The zero-order valence-electron chi connectivity index (χ0n) is 15.2. The third-order valence-electron chi connectivity index (χ3n) is 4.25. The quantitative estimate of drug-likeness (QED) is 0.546. The number of carbonyl (C=O) groups is 1. The molecule has 0 spiro atoms. The average molecular weight is 390 g/mol. The molecule has 1 N–H and O–H groups in total. The van der Waals surface area contributed by atoms with E-state index in [1.807, 2.05) is 66.9 Å². The number of rotatable bonds is 6. The number of hydrogen-bond acceptors (Lipinski definition) is 6. The molecule has 0 bridgehead atoms. The largest absolute Gasteiger partial charge is 0.347 e. The Hall–Kier alpha value is -3.39. The fourth-order valence-electron chi connectivity index (χ4n) is 2.81. The highest BCUT2D eigenvalue weighted by molar-refractivity contribution is 7.10. The summed E-state index contributed by atoms with van der Waals surface area (Å²) in [7, 11) is 0. The lowest BCUT2D eigenvalue weighted by molar-refractivity contribution is -0.121. The van der Waals surface area contributed by atoms with Crippen molar-refractivity contribution in [1.29, 1.82) is 0 Å². The van der Waals surface area contributed by atoms with Crippen LogP contribution in [0.2, 0.25) is 0 Å². The molecule has 2 heterocycles. The van der Waals surface area contributed by atoms with E-state index in [-0.39, 0.29) is 11.9 Å². The molecule has 0 aliphatic rings. The molecular weight excluding hydrogens is 372 g/mol. The number of nitrogens with one attached hydrogen (secondary N) is 1. The van der Waals surface area contributed by atoms with Gasteiger partial charge < -0.3 is 5.32 Å². The fraction of sp³-hybridized carbons (Fsp3) is 0.150. The van der Waals surface area contributed by atoms with E-state index in [0.717, 1.165) is 27.5 Å². The highest BCUT2D eigenvalue weighted by Crippen LogP contribution is 2.25. The molecule has 4 aromatic rings. The molecule has 0 radical (unpaired) electrons. The number of hydrogen-bond donors (Lipinski definition) is 1. The van der Waals surface area contributed by atoms with Crippen LogP contribution in [0, 0.1) is 0 Å². The molecule has 4 rings (SSSR count). The number of aromatic nitrogens is 5. The van der Waals surface area contributed by atoms with Gasteiger partial charge in [0.05, 0.1) is 23.8 Å². The number of thiazole rings is 1. The zero-order valence-corrected chi connectivity index (χ0v) is 16.0. The van der Waals surface area contributed by atoms with Crippen LogP contribution >= 0.6 is 11.3 Å². The first-order valence-electron chi connectivity index (χ1n) is 8.81. The SMILES string of the molecule is CC(NC(=O)Cc1ccc(-n2cnnn2)cc1)c1nc(-c2ccccc2)cs1. The van der Waals surface area contributed by atoms with Gasteiger partial charge in [0.25, 0.3) is 0 Å². The van der Waals surface area contributed by atoms with E-state index in [4.69, 9.17) is 0 Å². The lowest BCUT2D eigenvalue weighted by Crippen LogP contribution is -2.28. The molecule has 2 aromatic heterocycles. The Kier molecular flexibility index (Phi) is 5.20. The van der Waals surface area contributed by atoms with E-state index in [2.05, 4.69) is 25.8 Å². The van der Waals surface area contributed by atoms with Crippen LogP contribution < -0.4 is 5.32 Å². The third kappa shape index (κ3) is 4.12. The first-order chi connectivity index (χ1) is 13.7. The minimum absolute atomic E-state index is 0.0425. The Balaban J connectivity index is 1.36. The Morgan fingerprint density at radius 3 is 2.64 bits per heavy atom. The van der Waals surface area contributed by atoms with Gasteiger partial charge in [-0.3, -0.25) is 4.79 Å². The maximum absolute atomic E-state index is 12.4. The fourth-order valence-corrected chi connectivity index (χ4v) is 3.65. The number of tetrazole rings is 1. The second-order valence-electron chi connectivity index (χ2n) is 6.32. The topological polar surface area (TPSA) is 85.6 Å². The van der Waals surface area contributed by atoms with Crippen LogP contribution in [0.5, 0.6) is 0 Å². The lowest BCUT2D eigenvalue weighted by Gasteiger charge is -2.11. The Morgan fingerprint density at radius 1 is 1.14 bits per heavy atom. The standard InChI is InChI=1S/C20H18N6OS/c1-14(20-23-18(12-28-20)16-5-3-2-4-6-16)22-19(27)11-15-7-9-17(10-8-15)26-13-21-24-25-26/h2-10,12-14H,11H2,1H3,(H,22,27). The van der Waals surface area contributed by atoms with E-state index in [9.17, 15) is 4.79 Å². The van der Waals surface area contributed by atoms with Gasteiger partial charge in [-0.05, 0) is 35.0 Å². The van der Waals surface area contributed by atoms with Crippen LogP contribution in [0.1, 0.15) is 23.5 Å². The van der Waals surface area contributed by atoms with Crippen molar-refractivity contribution in [3.05, 3.63) is 76.9 Å². The van der Waals surface area contributed by atoms with Crippen LogP contribution in [0.4, 0.5) is 0 Å². The second kappa shape index (κ2) is 8.10. The van der Waals surface area contributed by atoms with Crippen molar-refractivity contribution >= 4 is 17.2 Å². The summed E-state index contributed by atoms with van der Waals surface area (Å²) in [5.74, 6) is -0.0425. The monoisotopic (exact) mass is 390 g/mol. The molecule has 1 atom stereocenters. The summed E-state index contributed by atoms with van der Waals surface area (Å²) in [6.45, 7) is 1.95. The predicted octanol–water partition coefficient (Wildman–Crippen LogP) is 3.21. The molecule has 0 saturated heterocycles. The summed E-state index contributed by atoms with van der Waals surface area (Å²) in [4.78, 5) is 17.1. The van der Waals surface area contributed by atoms with Crippen molar-refractivity contribution in [1.82, 2.24) is 30.5 Å². The van der Waals surface area contributed by atoms with Gasteiger partial charge in [0, 0.05) is 10.9 Å². The van der Waals surface area contributed by atoms with Gasteiger partial charge in [-0.25, -0.2) is 9.67 Å². The van der Waals surface area contributed by atoms with Gasteiger partial charge in [0.2, 0.25) is 5.91 Å². The van der Waals surface area contributed by atoms with E-state index < -0.39 is 0 Å². The van der Waals surface area contributed by atoms with Crippen LogP contribution in [-0.4, -0.2) is 31.1 Å². The van der Waals surface area contributed by atoms with E-state index in [1.54, 1.807) is 16.0 Å². The summed E-state index contributed by atoms with van der Waals surface area (Å²) in [5.41, 5.74) is 3.77. The number of carbonyl (C=O) groups excluding carboxylic acids is 1. The summed E-state index contributed by atoms with van der Waals surface area (Å²) < 4.78 is 1.57. The summed E-state index contributed by atoms with van der Waals surface area (Å²) in [6, 6.07) is 17.4. The molecular formula is C20H18N6OS. The highest BCUT2D eigenvalue weighted by Gasteiger charge is 2.14. The molecule has 0 aliphatic heterocycles. The Bertz CT molecular complexity index is 1040. The van der Waals surface area contributed by atoms with Crippen molar-refractivity contribution in [2.45, 2.75) is 19.4 Å². The van der Waals surface area contributed by atoms with Crippen molar-refractivity contribution in [3.63, 3.8) is 0 Å². The minimum Gasteiger partial charge on any atom is -0.347 e. The summed E-state index contributed by atoms with van der Waals surface area (Å²) in [5, 5.41) is 17.0. The summed E-state index contributed by atoms with van der Waals surface area (Å²) >= 11 is 1.55.